The number of aryl methyl sites for hydroxylation is 1. The van der Waals surface area contributed by atoms with Gasteiger partial charge in [0.25, 0.3) is 0 Å². The van der Waals surface area contributed by atoms with E-state index < -0.39 is 44.9 Å². The number of nitrogens with two attached hydrogens (primary N) is 1. The van der Waals surface area contributed by atoms with E-state index in [2.05, 4.69) is 10.1 Å². The van der Waals surface area contributed by atoms with Gasteiger partial charge in [-0.1, -0.05) is 23.2 Å². The van der Waals surface area contributed by atoms with Gasteiger partial charge in [0.2, 0.25) is 0 Å². The maximum absolute atomic E-state index is 13.3. The summed E-state index contributed by atoms with van der Waals surface area (Å²) in [6, 6.07) is 2.43. The Morgan fingerprint density at radius 2 is 1.52 bits per heavy atom. The van der Waals surface area contributed by atoms with Crippen LogP contribution >= 0.6 is 23.2 Å². The average molecular weight is 429 g/mol. The van der Waals surface area contributed by atoms with E-state index in [1.807, 2.05) is 0 Å². The molecule has 3 rings (SSSR count). The fraction of sp³-hybridized carbons (Fsp3) is 0.200. The van der Waals surface area contributed by atoms with Crippen LogP contribution in [0.15, 0.2) is 18.2 Å². The highest BCUT2D eigenvalue weighted by Gasteiger charge is 2.38. The summed E-state index contributed by atoms with van der Waals surface area (Å²) in [5.74, 6) is -0.506. The molecule has 2 aromatic heterocycles. The maximum Gasteiger partial charge on any atom is 0.434 e. The highest BCUT2D eigenvalue weighted by molar-refractivity contribution is 6.38. The largest absolute Gasteiger partial charge is 0.434 e. The van der Waals surface area contributed by atoms with E-state index in [9.17, 15) is 26.3 Å². The van der Waals surface area contributed by atoms with E-state index in [0.717, 1.165) is 4.68 Å². The van der Waals surface area contributed by atoms with Gasteiger partial charge in [0, 0.05) is 5.69 Å². The summed E-state index contributed by atoms with van der Waals surface area (Å²) in [6.07, 6.45) is -9.53. The summed E-state index contributed by atoms with van der Waals surface area (Å²) in [7, 11) is 0. The van der Waals surface area contributed by atoms with Crippen molar-refractivity contribution in [1.82, 2.24) is 14.8 Å². The van der Waals surface area contributed by atoms with Gasteiger partial charge in [0.15, 0.2) is 5.69 Å². The molecule has 12 heteroatoms. The fourth-order valence-corrected chi connectivity index (χ4v) is 3.21. The smallest absolute Gasteiger partial charge is 0.383 e. The molecular formula is C15H8Cl2F6N4. The van der Waals surface area contributed by atoms with Gasteiger partial charge in [0.05, 0.1) is 26.5 Å². The van der Waals surface area contributed by atoms with Gasteiger partial charge in [-0.2, -0.15) is 31.4 Å². The summed E-state index contributed by atoms with van der Waals surface area (Å²) < 4.78 is 79.2. The first-order valence-electron chi connectivity index (χ1n) is 7.10. The molecule has 2 N–H and O–H groups in total. The van der Waals surface area contributed by atoms with Gasteiger partial charge < -0.3 is 5.73 Å². The molecule has 0 radical (unpaired) electrons. The summed E-state index contributed by atoms with van der Waals surface area (Å²) in [6.45, 7) is 1.34. The molecule has 0 bridgehead atoms. The predicted octanol–water partition coefficient (Wildman–Crippen LogP) is 5.66. The molecule has 0 aliphatic carbocycles. The fourth-order valence-electron chi connectivity index (χ4n) is 2.56. The molecule has 0 aliphatic rings. The number of anilines is 1. The zero-order valence-electron chi connectivity index (χ0n) is 13.2. The first-order valence-corrected chi connectivity index (χ1v) is 7.86. The molecule has 0 saturated heterocycles. The van der Waals surface area contributed by atoms with Crippen LogP contribution in [-0.2, 0) is 12.4 Å². The van der Waals surface area contributed by atoms with E-state index in [1.165, 1.54) is 13.0 Å². The Hall–Kier alpha value is -2.20. The number of alkyl halides is 6. The van der Waals surface area contributed by atoms with Crippen LogP contribution in [0.4, 0.5) is 32.2 Å². The number of fused-ring (bicyclic) bond motifs is 1. The normalized spacial score (nSPS) is 12.8. The lowest BCUT2D eigenvalue weighted by atomic mass is 10.2. The lowest BCUT2D eigenvalue weighted by molar-refractivity contribution is -0.140. The van der Waals surface area contributed by atoms with Crippen molar-refractivity contribution in [3.63, 3.8) is 0 Å². The van der Waals surface area contributed by atoms with Crippen LogP contribution in [0.5, 0.6) is 0 Å². The van der Waals surface area contributed by atoms with Gasteiger partial charge in [-0.25, -0.2) is 9.67 Å². The third-order valence-electron chi connectivity index (χ3n) is 3.64. The third-order valence-corrected chi connectivity index (χ3v) is 4.22. The zero-order valence-corrected chi connectivity index (χ0v) is 14.7. The van der Waals surface area contributed by atoms with Crippen LogP contribution in [0.2, 0.25) is 10.0 Å². The number of halogens is 8. The molecule has 0 atom stereocenters. The first kappa shape index (κ1) is 19.6. The SMILES string of the molecule is Cc1cc2nn(-c3c(Cl)cc(C(F)(F)F)cc3Cl)c(N)c2c(C(F)(F)F)n1. The number of aromatic nitrogens is 3. The first-order chi connectivity index (χ1) is 12.3. The lowest BCUT2D eigenvalue weighted by Gasteiger charge is -2.13. The number of hydrogen-bond acceptors (Lipinski definition) is 3. The van der Waals surface area contributed by atoms with Crippen molar-refractivity contribution >= 4 is 39.9 Å². The summed E-state index contributed by atoms with van der Waals surface area (Å²) in [4.78, 5) is 3.46. The van der Waals surface area contributed by atoms with Crippen molar-refractivity contribution in [2.75, 3.05) is 5.73 Å². The molecule has 144 valence electrons. The average Bonchev–Trinajstić information content (AvgIpc) is 2.80. The Kier molecular flexibility index (Phi) is 4.47. The zero-order chi connectivity index (χ0) is 20.3. The van der Waals surface area contributed by atoms with Crippen molar-refractivity contribution in [2.45, 2.75) is 19.3 Å². The van der Waals surface area contributed by atoms with Crippen LogP contribution < -0.4 is 5.73 Å². The molecule has 0 fully saturated rings. The molecule has 0 unspecified atom stereocenters. The van der Waals surface area contributed by atoms with Gasteiger partial charge in [0.1, 0.15) is 11.5 Å². The minimum atomic E-state index is -4.82. The van der Waals surface area contributed by atoms with E-state index in [-0.39, 0.29) is 16.9 Å². The van der Waals surface area contributed by atoms with E-state index in [4.69, 9.17) is 28.9 Å². The van der Waals surface area contributed by atoms with E-state index in [1.54, 1.807) is 0 Å². The lowest BCUT2D eigenvalue weighted by Crippen LogP contribution is -2.11. The van der Waals surface area contributed by atoms with Crippen molar-refractivity contribution < 1.29 is 26.3 Å². The summed E-state index contributed by atoms with van der Waals surface area (Å²) in [5.41, 5.74) is 3.02. The Labute approximate surface area is 157 Å². The van der Waals surface area contributed by atoms with Crippen molar-refractivity contribution in [3.8, 4) is 5.69 Å². The molecule has 2 heterocycles. The third kappa shape index (κ3) is 3.39. The Morgan fingerprint density at radius 1 is 0.963 bits per heavy atom. The van der Waals surface area contributed by atoms with Crippen LogP contribution in [0.3, 0.4) is 0 Å². The number of pyridine rings is 1. The van der Waals surface area contributed by atoms with Crippen LogP contribution in [0, 0.1) is 6.92 Å². The van der Waals surface area contributed by atoms with Crippen LogP contribution in [-0.4, -0.2) is 14.8 Å². The second kappa shape index (κ2) is 6.16. The number of nitrogen functional groups attached to an aromatic ring is 1. The van der Waals surface area contributed by atoms with Gasteiger partial charge in [-0.05, 0) is 25.1 Å². The highest BCUT2D eigenvalue weighted by Crippen LogP contribution is 2.41. The van der Waals surface area contributed by atoms with Crippen molar-refractivity contribution in [2.24, 2.45) is 0 Å². The van der Waals surface area contributed by atoms with Crippen LogP contribution in [0.25, 0.3) is 16.6 Å². The molecular weight excluding hydrogens is 421 g/mol. The Bertz CT molecular complexity index is 1030. The molecule has 0 amide bonds. The summed E-state index contributed by atoms with van der Waals surface area (Å²) >= 11 is 11.8. The molecule has 0 saturated carbocycles. The standard InChI is InChI=1S/C15H8Cl2F6N4/c1-5-2-9-10(12(25-5)15(21,22)23)13(24)27(26-9)11-7(16)3-6(4-8(11)17)14(18,19)20/h2-4H,24H2,1H3. The number of benzene rings is 1. The van der Waals surface area contributed by atoms with Gasteiger partial charge >= 0.3 is 12.4 Å². The quantitative estimate of drug-likeness (QED) is 0.509. The molecule has 1 aromatic carbocycles. The number of rotatable bonds is 1. The van der Waals surface area contributed by atoms with Crippen LogP contribution in [0.1, 0.15) is 17.0 Å². The Balaban J connectivity index is 2.33. The maximum atomic E-state index is 13.3. The molecule has 4 nitrogen and oxygen atoms in total. The van der Waals surface area contributed by atoms with Gasteiger partial charge in [-0.15, -0.1) is 0 Å². The van der Waals surface area contributed by atoms with Gasteiger partial charge in [-0.3, -0.25) is 0 Å². The summed E-state index contributed by atoms with van der Waals surface area (Å²) in [5, 5.41) is 2.47. The molecule has 0 aliphatic heterocycles. The monoisotopic (exact) mass is 428 g/mol. The highest BCUT2D eigenvalue weighted by atomic mass is 35.5. The van der Waals surface area contributed by atoms with Crippen molar-refractivity contribution in [3.05, 3.63) is 45.2 Å². The predicted molar refractivity (Wildman–Crippen MR) is 88.0 cm³/mol. The second-order valence-electron chi connectivity index (χ2n) is 5.59. The van der Waals surface area contributed by atoms with E-state index >= 15 is 0 Å². The van der Waals surface area contributed by atoms with Crippen molar-refractivity contribution in [1.29, 1.82) is 0 Å². The topological polar surface area (TPSA) is 56.7 Å². The Morgan fingerprint density at radius 3 is 2.00 bits per heavy atom. The number of hydrogen-bond donors (Lipinski definition) is 1. The number of nitrogens with zero attached hydrogens (tertiary/aromatic N) is 3. The minimum Gasteiger partial charge on any atom is -0.383 e. The molecule has 27 heavy (non-hydrogen) atoms. The minimum absolute atomic E-state index is 0.0316. The van der Waals surface area contributed by atoms with E-state index in [0.29, 0.717) is 12.1 Å². The molecule has 3 aromatic rings. The molecule has 0 spiro atoms. The second-order valence-corrected chi connectivity index (χ2v) is 6.40.